The summed E-state index contributed by atoms with van der Waals surface area (Å²) < 4.78 is 21.2. The summed E-state index contributed by atoms with van der Waals surface area (Å²) in [4.78, 5) is 144. The van der Waals surface area contributed by atoms with Gasteiger partial charge in [0.15, 0.2) is 11.5 Å². The van der Waals surface area contributed by atoms with E-state index >= 15 is 0 Å². The predicted octanol–water partition coefficient (Wildman–Crippen LogP) is 24.0. The van der Waals surface area contributed by atoms with E-state index in [1.165, 1.54) is 52.4 Å². The average molecular weight is 2000 g/mol. The number of methoxy groups -OCH3 is 4. The van der Waals surface area contributed by atoms with Crippen molar-refractivity contribution in [2.45, 2.75) is 32.1 Å². The van der Waals surface area contributed by atoms with Gasteiger partial charge in [-0.25, -0.2) is 19.9 Å². The number of aromatic amines is 4. The summed E-state index contributed by atoms with van der Waals surface area (Å²) >= 11 is 24.0. The fourth-order valence-electron chi connectivity index (χ4n) is 15.5. The summed E-state index contributed by atoms with van der Waals surface area (Å²) in [6, 6.07) is 81.3. The van der Waals surface area contributed by atoms with Crippen LogP contribution in [-0.2, 0) is 4.79 Å². The zero-order chi connectivity index (χ0) is 100. The molecule has 12 aromatic carbocycles. The molecule has 12 N–H and O–H groups in total. The van der Waals surface area contributed by atoms with E-state index < -0.39 is 0 Å². The summed E-state index contributed by atoms with van der Waals surface area (Å²) in [5, 5.41) is 24.6. The van der Waals surface area contributed by atoms with Crippen molar-refractivity contribution in [2.75, 3.05) is 71.0 Å². The van der Waals surface area contributed by atoms with E-state index in [0.29, 0.717) is 145 Å². The number of nitrogens with one attached hydrogen (secondary N) is 12. The first-order chi connectivity index (χ1) is 70.0. The van der Waals surface area contributed by atoms with Crippen LogP contribution in [0.1, 0.15) is 105 Å². The molecule has 7 heterocycles. The summed E-state index contributed by atoms with van der Waals surface area (Å²) in [6.07, 6.45) is 14.8. The van der Waals surface area contributed by atoms with Gasteiger partial charge in [-0.1, -0.05) is 65.7 Å². The molecule has 0 atom stereocenters. The number of fused-ring (bicyclic) bond motifs is 4. The molecule has 0 bridgehead atoms. The Morgan fingerprint density at radius 3 is 0.924 bits per heavy atom. The number of anilines is 8. The quantitative estimate of drug-likeness (QED) is 0.0267. The number of H-pyrrole nitrogens is 4. The highest BCUT2D eigenvalue weighted by atomic mass is 35.5. The van der Waals surface area contributed by atoms with E-state index in [1.807, 2.05) is 121 Å². The molecular weight excluding hydrogens is 1910 g/mol. The number of aromatic nitrogens is 11. The Balaban J connectivity index is 0.000000132. The number of benzene rings is 12. The highest BCUT2D eigenvalue weighted by Gasteiger charge is 2.24. The van der Waals surface area contributed by atoms with Gasteiger partial charge in [0, 0.05) is 143 Å². The summed E-state index contributed by atoms with van der Waals surface area (Å²) in [7, 11) is 6.08. The van der Waals surface area contributed by atoms with Crippen molar-refractivity contribution >= 4 is 183 Å². The smallest absolute Gasteiger partial charge is 0.257 e. The van der Waals surface area contributed by atoms with Gasteiger partial charge >= 0.3 is 0 Å². The molecule has 1 fully saturated rings. The minimum absolute atomic E-state index is 0.108. The lowest BCUT2D eigenvalue weighted by Gasteiger charge is -2.20. The average Bonchev–Trinajstić information content (AvgIpc) is 1.65. The lowest BCUT2D eigenvalue weighted by molar-refractivity contribution is -0.120. The molecule has 7 aromatic heterocycles. The van der Waals surface area contributed by atoms with E-state index in [2.05, 4.69) is 97.4 Å². The third-order valence-corrected chi connectivity index (χ3v) is 24.1. The molecule has 1 aliphatic rings. The van der Waals surface area contributed by atoms with Crippen LogP contribution in [0.15, 0.2) is 316 Å². The highest BCUT2D eigenvalue weighted by Crippen LogP contribution is 2.40. The number of ether oxygens (including phenoxy) is 4. The second kappa shape index (κ2) is 45.4. The molecule has 144 heavy (non-hydrogen) atoms. The predicted molar refractivity (Wildman–Crippen MR) is 562 cm³/mol. The first-order valence-corrected chi connectivity index (χ1v) is 46.5. The highest BCUT2D eigenvalue weighted by molar-refractivity contribution is 6.42. The minimum atomic E-state index is -0.336. The Kier molecular flexibility index (Phi) is 30.8. The van der Waals surface area contributed by atoms with Gasteiger partial charge in [0.2, 0.25) is 11.7 Å². The first-order valence-electron chi connectivity index (χ1n) is 44.9. The Bertz CT molecular complexity index is 7910. The SMILES string of the molecule is COc1cc(C(=O)Nc2ccc3nc(-c4ccc(NC(=O)c5cccnc5)cc4)[nH]c3c2)cc(OC)c1OC.COc1ccc(C(=O)Nc2ccc3nc(-c4ccc(NC(=O)c5cccnc5)cc4)[nH]c3c2)cc1.O=C(Nc1ccc(-c2nc3ccc(NC(=O)c4cc(Cl)cc(Cl)c4)cc3[nH]2)cc1)c1cccnc1.O=C(Nc1ccc2nc(-c3ccc(NC(=O)C4CCCCC4)cc3)[nH]c2c1)c1ccc(Cl)c(Cl)c1. The number of nitrogens with zero attached hydrogens (tertiary/aromatic N) is 7. The lowest BCUT2D eigenvalue weighted by atomic mass is 9.88. The topological polar surface area (TPSA) is 423 Å². The number of carbonyl (C=O) groups excluding carboxylic acids is 8. The van der Waals surface area contributed by atoms with E-state index in [1.54, 1.807) is 177 Å². The maximum Gasteiger partial charge on any atom is 0.257 e. The second-order valence-corrected chi connectivity index (χ2v) is 34.4. The molecule has 0 unspecified atom stereocenters. The van der Waals surface area contributed by atoms with Crippen molar-refractivity contribution < 1.29 is 57.3 Å². The largest absolute Gasteiger partial charge is 0.497 e. The van der Waals surface area contributed by atoms with Gasteiger partial charge in [-0.15, -0.1) is 0 Å². The lowest BCUT2D eigenvalue weighted by Crippen LogP contribution is -2.24. The van der Waals surface area contributed by atoms with E-state index in [-0.39, 0.29) is 53.2 Å². The van der Waals surface area contributed by atoms with Gasteiger partial charge in [-0.2, -0.15) is 0 Å². The fraction of sp³-hybridized carbons (Fsp3) is 0.0917. The monoisotopic (exact) mass is 1990 g/mol. The molecule has 1 saturated carbocycles. The van der Waals surface area contributed by atoms with Gasteiger partial charge < -0.3 is 81.4 Å². The Morgan fingerprint density at radius 2 is 0.597 bits per heavy atom. The number of hydrogen-bond donors (Lipinski definition) is 12. The van der Waals surface area contributed by atoms with Crippen molar-refractivity contribution in [2.24, 2.45) is 5.92 Å². The standard InChI is InChI=1S/C29H25N5O5.C27H24Cl2N4O2.C27H21N5O3.C26H17Cl2N5O2/c1-37-24-13-19(14-25(38-2)26(24)39-3)29(36)32-21-10-11-22-23(15-21)34-27(33-22)17-6-8-20(9-7-17)31-28(35)18-5-4-12-30-16-18;28-21-12-8-18(14-22(21)29)27(35)31-20-11-13-23-24(15-20)33-25(32-23)16-6-9-19(10-7-16)30-26(34)17-4-2-1-3-5-17;1-35-22-11-6-18(7-12-22)26(33)30-21-10-13-23-24(15-21)32-25(31-23)17-4-8-20(9-5-17)29-27(34)19-3-2-14-28-16-19;27-18-10-17(11-19(28)12-18)26(35)31-21-7-8-22-23(13-21)33-24(32-22)15-3-5-20(6-4-15)30-25(34)16-2-1-9-29-14-16/h4-16H,1-3H3,(H,31,35)(H,32,36)(H,33,34);6-15,17H,1-5H2,(H,30,34)(H,31,35)(H,32,33);2-16H,1H3,(H,29,34)(H,30,33)(H,31,32);1-14H,(H,30,34)(H,31,35)(H,32,33). The molecule has 1 aliphatic carbocycles. The minimum Gasteiger partial charge on any atom is -0.497 e. The van der Waals surface area contributed by atoms with E-state index in [0.717, 1.165) is 97.8 Å². The van der Waals surface area contributed by atoms with Gasteiger partial charge in [0.25, 0.3) is 41.4 Å². The third kappa shape index (κ3) is 24.5. The van der Waals surface area contributed by atoms with Gasteiger partial charge in [0.1, 0.15) is 29.0 Å². The van der Waals surface area contributed by atoms with Crippen molar-refractivity contribution in [3.8, 4) is 68.5 Å². The number of imidazole rings is 4. The summed E-state index contributed by atoms with van der Waals surface area (Å²) in [5.74, 6) is 2.96. The number of amides is 8. The Morgan fingerprint density at radius 1 is 0.285 bits per heavy atom. The fourth-order valence-corrected chi connectivity index (χ4v) is 16.4. The molecule has 718 valence electrons. The zero-order valence-electron chi connectivity index (χ0n) is 77.2. The summed E-state index contributed by atoms with van der Waals surface area (Å²) in [5.41, 5.74) is 17.9. The second-order valence-electron chi connectivity index (χ2n) is 32.7. The van der Waals surface area contributed by atoms with Crippen LogP contribution in [0.3, 0.4) is 0 Å². The number of carbonyl (C=O) groups is 8. The number of rotatable bonds is 24. The molecule has 0 aliphatic heterocycles. The van der Waals surface area contributed by atoms with Crippen LogP contribution in [0.5, 0.6) is 23.0 Å². The zero-order valence-corrected chi connectivity index (χ0v) is 80.2. The van der Waals surface area contributed by atoms with Gasteiger partial charge in [-0.3, -0.25) is 53.3 Å². The molecule has 19 aromatic rings. The van der Waals surface area contributed by atoms with Gasteiger partial charge in [0.05, 0.1) is 99.3 Å². The summed E-state index contributed by atoms with van der Waals surface area (Å²) in [6.45, 7) is 0. The molecule has 31 nitrogen and oxygen atoms in total. The first kappa shape index (κ1) is 97.7. The van der Waals surface area contributed by atoms with Crippen molar-refractivity contribution in [1.82, 2.24) is 54.8 Å². The molecule has 35 heteroatoms. The van der Waals surface area contributed by atoms with Crippen LogP contribution in [-0.4, -0.2) is 131 Å². The maximum atomic E-state index is 13.0. The molecule has 8 amide bonds. The Labute approximate surface area is 842 Å². The number of pyridine rings is 3. The van der Waals surface area contributed by atoms with Crippen LogP contribution in [0.4, 0.5) is 45.5 Å². The molecule has 0 spiro atoms. The van der Waals surface area contributed by atoms with Crippen molar-refractivity contribution in [3.63, 3.8) is 0 Å². The molecule has 20 rings (SSSR count). The molecule has 0 saturated heterocycles. The normalized spacial score (nSPS) is 11.5. The Hall–Kier alpha value is -17.9. The van der Waals surface area contributed by atoms with Crippen LogP contribution in [0, 0.1) is 5.92 Å². The van der Waals surface area contributed by atoms with E-state index in [9.17, 15) is 38.4 Å². The molecular formula is C109H87Cl4N19O12. The molecule has 0 radical (unpaired) electrons. The number of halogens is 4. The van der Waals surface area contributed by atoms with Crippen molar-refractivity contribution in [1.29, 1.82) is 0 Å². The third-order valence-electron chi connectivity index (χ3n) is 23.0. The number of hydrogen-bond acceptors (Lipinski definition) is 19. The van der Waals surface area contributed by atoms with Crippen molar-refractivity contribution in [3.05, 3.63) is 375 Å². The van der Waals surface area contributed by atoms with Crippen LogP contribution >= 0.6 is 46.4 Å². The van der Waals surface area contributed by atoms with Gasteiger partial charge in [-0.05, 0) is 292 Å². The van der Waals surface area contributed by atoms with E-state index in [4.69, 9.17) is 65.4 Å². The maximum absolute atomic E-state index is 13.0. The van der Waals surface area contributed by atoms with Crippen LogP contribution in [0.2, 0.25) is 20.1 Å². The van der Waals surface area contributed by atoms with Crippen LogP contribution < -0.4 is 61.5 Å². The van der Waals surface area contributed by atoms with Crippen LogP contribution in [0.25, 0.3) is 89.7 Å².